The summed E-state index contributed by atoms with van der Waals surface area (Å²) in [6, 6.07) is 6.17. The Labute approximate surface area is 147 Å². The highest BCUT2D eigenvalue weighted by molar-refractivity contribution is 5.74. The van der Waals surface area contributed by atoms with Gasteiger partial charge in [0.05, 0.1) is 23.6 Å². The van der Waals surface area contributed by atoms with E-state index in [4.69, 9.17) is 0 Å². The molecule has 25 heavy (non-hydrogen) atoms. The van der Waals surface area contributed by atoms with E-state index in [-0.39, 0.29) is 23.3 Å². The van der Waals surface area contributed by atoms with E-state index in [1.165, 1.54) is 12.1 Å². The molecule has 2 amide bonds. The molecule has 1 aliphatic rings. The van der Waals surface area contributed by atoms with Crippen LogP contribution in [-0.4, -0.2) is 22.4 Å². The van der Waals surface area contributed by atoms with Crippen molar-refractivity contribution in [1.82, 2.24) is 20.4 Å². The van der Waals surface area contributed by atoms with Crippen LogP contribution in [-0.2, 0) is 6.42 Å². The highest BCUT2D eigenvalue weighted by atomic mass is 19.1. The van der Waals surface area contributed by atoms with Gasteiger partial charge in [-0.15, -0.1) is 0 Å². The SMILES string of the molecule is CCCNC(=O)N[C@H]1CC(C)(C)Cc2c1cnn2-c1cccc(F)c1. The molecule has 3 rings (SSSR count). The lowest BCUT2D eigenvalue weighted by Crippen LogP contribution is -2.42. The van der Waals surface area contributed by atoms with Crippen LogP contribution < -0.4 is 10.6 Å². The standard InChI is InChI=1S/C19H25FN4O/c1-4-8-21-18(25)23-16-10-19(2,3)11-17-15(16)12-22-24(17)14-7-5-6-13(20)9-14/h5-7,9,12,16H,4,8,10-11H2,1-3H3,(H2,21,23,25)/t16-/m0/s1. The molecule has 0 unspecified atom stereocenters. The smallest absolute Gasteiger partial charge is 0.315 e. The van der Waals surface area contributed by atoms with Gasteiger partial charge in [-0.05, 0) is 42.9 Å². The van der Waals surface area contributed by atoms with E-state index < -0.39 is 0 Å². The molecular formula is C19H25FN4O. The fraction of sp³-hybridized carbons (Fsp3) is 0.474. The van der Waals surface area contributed by atoms with Gasteiger partial charge in [0.2, 0.25) is 0 Å². The lowest BCUT2D eigenvalue weighted by Gasteiger charge is -2.36. The van der Waals surface area contributed by atoms with Gasteiger partial charge < -0.3 is 10.6 Å². The van der Waals surface area contributed by atoms with E-state index in [1.54, 1.807) is 16.9 Å². The summed E-state index contributed by atoms with van der Waals surface area (Å²) in [6.45, 7) is 7.03. The van der Waals surface area contributed by atoms with Crippen LogP contribution in [0.2, 0.25) is 0 Å². The molecule has 0 aliphatic heterocycles. The number of nitrogens with zero attached hydrogens (tertiary/aromatic N) is 2. The predicted octanol–water partition coefficient (Wildman–Crippen LogP) is 3.73. The molecule has 1 heterocycles. The summed E-state index contributed by atoms with van der Waals surface area (Å²) in [5.41, 5.74) is 2.76. The van der Waals surface area contributed by atoms with Crippen molar-refractivity contribution in [3.05, 3.63) is 47.5 Å². The molecular weight excluding hydrogens is 319 g/mol. The summed E-state index contributed by atoms with van der Waals surface area (Å²) in [4.78, 5) is 12.1. The first-order valence-electron chi connectivity index (χ1n) is 8.77. The Morgan fingerprint density at radius 2 is 2.24 bits per heavy atom. The van der Waals surface area contributed by atoms with Crippen LogP contribution >= 0.6 is 0 Å². The van der Waals surface area contributed by atoms with Crippen molar-refractivity contribution in [3.63, 3.8) is 0 Å². The van der Waals surface area contributed by atoms with Crippen molar-refractivity contribution < 1.29 is 9.18 Å². The van der Waals surface area contributed by atoms with E-state index in [1.807, 2.05) is 13.0 Å². The first-order valence-corrected chi connectivity index (χ1v) is 8.77. The van der Waals surface area contributed by atoms with Gasteiger partial charge in [0.15, 0.2) is 0 Å². The van der Waals surface area contributed by atoms with Gasteiger partial charge >= 0.3 is 6.03 Å². The van der Waals surface area contributed by atoms with Crippen LogP contribution in [0.3, 0.4) is 0 Å². The van der Waals surface area contributed by atoms with E-state index in [0.29, 0.717) is 12.2 Å². The number of halogens is 1. The van der Waals surface area contributed by atoms with Crippen molar-refractivity contribution in [3.8, 4) is 5.69 Å². The maximum absolute atomic E-state index is 13.6. The Balaban J connectivity index is 1.92. The number of amides is 2. The number of benzene rings is 1. The molecule has 2 aromatic rings. The van der Waals surface area contributed by atoms with Gasteiger partial charge in [-0.25, -0.2) is 13.9 Å². The summed E-state index contributed by atoms with van der Waals surface area (Å²) >= 11 is 0. The second-order valence-corrected chi connectivity index (χ2v) is 7.44. The summed E-state index contributed by atoms with van der Waals surface area (Å²) in [5.74, 6) is -0.287. The molecule has 0 saturated heterocycles. The number of aromatic nitrogens is 2. The second kappa shape index (κ2) is 6.86. The molecule has 1 aromatic carbocycles. The van der Waals surface area contributed by atoms with Crippen molar-refractivity contribution in [2.24, 2.45) is 5.41 Å². The van der Waals surface area contributed by atoms with E-state index in [9.17, 15) is 9.18 Å². The van der Waals surface area contributed by atoms with Crippen molar-refractivity contribution in [2.75, 3.05) is 6.54 Å². The first kappa shape index (κ1) is 17.5. The summed E-state index contributed by atoms with van der Waals surface area (Å²) in [5, 5.41) is 10.4. The molecule has 6 heteroatoms. The maximum atomic E-state index is 13.6. The van der Waals surface area contributed by atoms with Gasteiger partial charge in [0, 0.05) is 12.1 Å². The fourth-order valence-electron chi connectivity index (χ4n) is 3.45. The Morgan fingerprint density at radius 3 is 2.96 bits per heavy atom. The summed E-state index contributed by atoms with van der Waals surface area (Å²) in [6.07, 6.45) is 4.36. The minimum atomic E-state index is -0.287. The predicted molar refractivity (Wildman–Crippen MR) is 95.2 cm³/mol. The fourth-order valence-corrected chi connectivity index (χ4v) is 3.45. The molecule has 0 bridgehead atoms. The third kappa shape index (κ3) is 3.83. The number of hydrogen-bond donors (Lipinski definition) is 2. The topological polar surface area (TPSA) is 59.0 Å². The number of urea groups is 1. The van der Waals surface area contributed by atoms with Crippen molar-refractivity contribution >= 4 is 6.03 Å². The molecule has 2 N–H and O–H groups in total. The monoisotopic (exact) mass is 344 g/mol. The molecule has 0 radical (unpaired) electrons. The Hall–Kier alpha value is -2.37. The molecule has 1 aromatic heterocycles. The van der Waals surface area contributed by atoms with E-state index in [2.05, 4.69) is 29.6 Å². The molecule has 0 saturated carbocycles. The van der Waals surface area contributed by atoms with Crippen LogP contribution in [0.1, 0.15) is 50.9 Å². The zero-order valence-electron chi connectivity index (χ0n) is 15.0. The highest BCUT2D eigenvalue weighted by Crippen LogP contribution is 2.41. The third-order valence-corrected chi connectivity index (χ3v) is 4.57. The van der Waals surface area contributed by atoms with E-state index >= 15 is 0 Å². The minimum absolute atomic E-state index is 0.0147. The van der Waals surface area contributed by atoms with Gasteiger partial charge in [0.1, 0.15) is 5.82 Å². The molecule has 1 atom stereocenters. The van der Waals surface area contributed by atoms with E-state index in [0.717, 1.165) is 30.5 Å². The zero-order valence-corrected chi connectivity index (χ0v) is 15.0. The number of carbonyl (C=O) groups excluding carboxylic acids is 1. The second-order valence-electron chi connectivity index (χ2n) is 7.44. The number of hydrogen-bond acceptors (Lipinski definition) is 2. The van der Waals surface area contributed by atoms with Gasteiger partial charge in [-0.3, -0.25) is 0 Å². The van der Waals surface area contributed by atoms with Crippen LogP contribution in [0.25, 0.3) is 5.69 Å². The molecule has 0 spiro atoms. The van der Waals surface area contributed by atoms with Crippen LogP contribution in [0.5, 0.6) is 0 Å². The Kier molecular flexibility index (Phi) is 4.79. The minimum Gasteiger partial charge on any atom is -0.338 e. The maximum Gasteiger partial charge on any atom is 0.315 e. The summed E-state index contributed by atoms with van der Waals surface area (Å²) < 4.78 is 15.4. The largest absolute Gasteiger partial charge is 0.338 e. The average Bonchev–Trinajstić information content (AvgIpc) is 2.95. The van der Waals surface area contributed by atoms with Crippen molar-refractivity contribution in [2.45, 2.75) is 46.1 Å². The third-order valence-electron chi connectivity index (χ3n) is 4.57. The van der Waals surface area contributed by atoms with Crippen LogP contribution in [0.4, 0.5) is 9.18 Å². The molecule has 5 nitrogen and oxygen atoms in total. The molecule has 134 valence electrons. The number of carbonyl (C=O) groups is 1. The number of nitrogens with one attached hydrogen (secondary N) is 2. The van der Waals surface area contributed by atoms with Crippen LogP contribution in [0.15, 0.2) is 30.5 Å². The average molecular weight is 344 g/mol. The van der Waals surface area contributed by atoms with Gasteiger partial charge in [0.25, 0.3) is 0 Å². The highest BCUT2D eigenvalue weighted by Gasteiger charge is 2.36. The lowest BCUT2D eigenvalue weighted by atomic mass is 9.74. The lowest BCUT2D eigenvalue weighted by molar-refractivity contribution is 0.221. The normalized spacial score (nSPS) is 18.5. The van der Waals surface area contributed by atoms with Crippen LogP contribution in [0, 0.1) is 11.2 Å². The Bertz CT molecular complexity index is 769. The molecule has 1 aliphatic carbocycles. The first-order chi connectivity index (χ1) is 11.9. The van der Waals surface area contributed by atoms with Crippen molar-refractivity contribution in [1.29, 1.82) is 0 Å². The number of fused-ring (bicyclic) bond motifs is 1. The number of rotatable bonds is 4. The zero-order chi connectivity index (χ0) is 18.0. The summed E-state index contributed by atoms with van der Waals surface area (Å²) in [7, 11) is 0. The molecule has 0 fully saturated rings. The van der Waals surface area contributed by atoms with Gasteiger partial charge in [-0.1, -0.05) is 26.8 Å². The van der Waals surface area contributed by atoms with Gasteiger partial charge in [-0.2, -0.15) is 5.10 Å². The Morgan fingerprint density at radius 1 is 1.44 bits per heavy atom. The quantitative estimate of drug-likeness (QED) is 0.888.